The fraction of sp³-hybridized carbons (Fsp3) is 0.543. The summed E-state index contributed by atoms with van der Waals surface area (Å²) in [5.41, 5.74) is 0.0289. The minimum Gasteiger partial charge on any atom is -0.478 e. The van der Waals surface area contributed by atoms with Gasteiger partial charge in [-0.3, -0.25) is 4.79 Å². The zero-order valence-corrected chi connectivity index (χ0v) is 27.1. The normalized spacial score (nSPS) is 31.6. The molecule has 10 nitrogen and oxygen atoms in total. The van der Waals surface area contributed by atoms with E-state index in [1.54, 1.807) is 68.5 Å². The molecule has 2 heterocycles. The van der Waals surface area contributed by atoms with Crippen molar-refractivity contribution in [1.82, 2.24) is 5.32 Å². The van der Waals surface area contributed by atoms with Crippen LogP contribution in [-0.2, 0) is 19.1 Å². The zero-order chi connectivity index (χ0) is 33.8. The Morgan fingerprint density at radius 1 is 1.02 bits per heavy atom. The summed E-state index contributed by atoms with van der Waals surface area (Å²) in [7, 11) is 0. The molecule has 0 saturated carbocycles. The number of amides is 1. The molecule has 45 heavy (non-hydrogen) atoms. The molecule has 6 N–H and O–H groups in total. The highest BCUT2D eigenvalue weighted by molar-refractivity contribution is 5.80. The van der Waals surface area contributed by atoms with Crippen molar-refractivity contribution in [1.29, 1.82) is 0 Å². The monoisotopic (exact) mass is 629 g/mol. The van der Waals surface area contributed by atoms with Crippen molar-refractivity contribution in [3.8, 4) is 0 Å². The molecule has 2 fully saturated rings. The molecule has 0 unspecified atom stereocenters. The molecule has 2 aliphatic rings. The fourth-order valence-corrected chi connectivity index (χ4v) is 5.19. The lowest BCUT2D eigenvalue weighted by atomic mass is 9.73. The van der Waals surface area contributed by atoms with Gasteiger partial charge in [0.05, 0.1) is 36.4 Å². The smallest absolute Gasteiger partial charge is 0.328 e. The second-order valence-electron chi connectivity index (χ2n) is 12.4. The molecule has 0 aliphatic carbocycles. The van der Waals surface area contributed by atoms with E-state index in [2.05, 4.69) is 5.32 Å². The number of aliphatic hydroxyl groups is 4. The number of rotatable bonds is 14. The standard InChI is InChI=1S/C35H51NO9/c1-7-8-11-18-30-34(5,6)29(38)22-35(43,45-30)25(4)33(42)36-20-15-14-16-23(2)32(41)24(3)28-21-26(37)27(44-28)17-12-9-10-13-19-31(39)40/h7-19,24-30,32,37-38,41,43H,20-22H2,1-6H3,(H,36,42)(H,39,40)/b8-7-,10-9+,15-14+,17-12+,18-11+,19-13+,23-16+/t24-,25+,26+,27-,28+,29-,30-,32-,35-/m0/s1. The molecule has 0 bridgehead atoms. The number of hydrogen-bond acceptors (Lipinski definition) is 8. The predicted molar refractivity (Wildman–Crippen MR) is 173 cm³/mol. The highest BCUT2D eigenvalue weighted by Gasteiger charge is 2.53. The lowest BCUT2D eigenvalue weighted by Gasteiger charge is -2.50. The highest BCUT2D eigenvalue weighted by atomic mass is 16.6. The maximum absolute atomic E-state index is 12.9. The molecule has 1 amide bonds. The third kappa shape index (κ3) is 11.0. The number of aliphatic carboxylic acids is 1. The van der Waals surface area contributed by atoms with Gasteiger partial charge >= 0.3 is 5.97 Å². The Balaban J connectivity index is 1.89. The van der Waals surface area contributed by atoms with E-state index in [4.69, 9.17) is 14.6 Å². The molecule has 250 valence electrons. The van der Waals surface area contributed by atoms with E-state index in [0.29, 0.717) is 12.0 Å². The molecule has 2 aliphatic heterocycles. The third-order valence-corrected chi connectivity index (χ3v) is 8.57. The van der Waals surface area contributed by atoms with Gasteiger partial charge in [0.2, 0.25) is 5.91 Å². The Hall–Kier alpha value is -3.12. The van der Waals surface area contributed by atoms with E-state index in [9.17, 15) is 30.0 Å². The Labute approximate surface area is 266 Å². The number of carboxylic acids is 1. The number of hydrogen-bond donors (Lipinski definition) is 6. The summed E-state index contributed by atoms with van der Waals surface area (Å²) in [5, 5.41) is 54.7. The summed E-state index contributed by atoms with van der Waals surface area (Å²) in [6.07, 6.45) is 17.7. The molecule has 9 atom stereocenters. The van der Waals surface area contributed by atoms with Gasteiger partial charge in [-0.15, -0.1) is 0 Å². The highest BCUT2D eigenvalue weighted by Crippen LogP contribution is 2.43. The van der Waals surface area contributed by atoms with Crippen molar-refractivity contribution >= 4 is 11.9 Å². The van der Waals surface area contributed by atoms with E-state index in [1.165, 1.54) is 6.08 Å². The van der Waals surface area contributed by atoms with Gasteiger partial charge in [-0.05, 0) is 26.3 Å². The van der Waals surface area contributed by atoms with Crippen LogP contribution in [0.2, 0.25) is 0 Å². The van der Waals surface area contributed by atoms with Gasteiger partial charge in [0.1, 0.15) is 6.10 Å². The van der Waals surface area contributed by atoms with E-state index >= 15 is 0 Å². The summed E-state index contributed by atoms with van der Waals surface area (Å²) in [6.45, 7) is 11.0. The van der Waals surface area contributed by atoms with Crippen LogP contribution in [0.15, 0.2) is 84.6 Å². The van der Waals surface area contributed by atoms with Crippen LogP contribution in [0.4, 0.5) is 0 Å². The topological polar surface area (TPSA) is 166 Å². The first-order valence-electron chi connectivity index (χ1n) is 15.4. The van der Waals surface area contributed by atoms with E-state index in [-0.39, 0.29) is 25.0 Å². The Bertz CT molecular complexity index is 1200. The van der Waals surface area contributed by atoms with Crippen LogP contribution in [-0.4, -0.2) is 86.4 Å². The lowest BCUT2D eigenvalue weighted by Crippen LogP contribution is -2.60. The van der Waals surface area contributed by atoms with Gasteiger partial charge in [0, 0.05) is 36.8 Å². The first-order valence-corrected chi connectivity index (χ1v) is 15.4. The van der Waals surface area contributed by atoms with Crippen molar-refractivity contribution < 1.29 is 44.6 Å². The summed E-state index contributed by atoms with van der Waals surface area (Å²) < 4.78 is 12.0. The van der Waals surface area contributed by atoms with Crippen LogP contribution in [0.5, 0.6) is 0 Å². The summed E-state index contributed by atoms with van der Waals surface area (Å²) in [4.78, 5) is 23.4. The maximum Gasteiger partial charge on any atom is 0.328 e. The second-order valence-corrected chi connectivity index (χ2v) is 12.4. The van der Waals surface area contributed by atoms with Crippen molar-refractivity contribution in [3.63, 3.8) is 0 Å². The SMILES string of the molecule is C/C=C\C=C\[C@@H]1O[C@](O)([C@H](C)C(=O)NC/C=C/C=C(\C)[C@H](O)[C@@H](C)[C@H]2C[C@@H](O)[C@H](/C=C/C=C/C=C/C(=O)O)O2)C[C@H](O)C1(C)C. The van der Waals surface area contributed by atoms with Crippen LogP contribution in [0, 0.1) is 17.3 Å². The van der Waals surface area contributed by atoms with Gasteiger partial charge < -0.3 is 40.3 Å². The Morgan fingerprint density at radius 3 is 2.36 bits per heavy atom. The lowest BCUT2D eigenvalue weighted by molar-refractivity contribution is -0.312. The third-order valence-electron chi connectivity index (χ3n) is 8.57. The van der Waals surface area contributed by atoms with Crippen molar-refractivity contribution in [3.05, 3.63) is 84.6 Å². The first kappa shape index (κ1) is 38.1. The van der Waals surface area contributed by atoms with E-state index < -0.39 is 59.5 Å². The molecule has 2 rings (SSSR count). The molecule has 0 aromatic rings. The first-order chi connectivity index (χ1) is 21.1. The van der Waals surface area contributed by atoms with Crippen molar-refractivity contribution in [2.75, 3.05) is 6.54 Å². The zero-order valence-electron chi connectivity index (χ0n) is 27.1. The molecular weight excluding hydrogens is 578 g/mol. The average Bonchev–Trinajstić information content (AvgIpc) is 3.35. The maximum atomic E-state index is 12.9. The fourth-order valence-electron chi connectivity index (χ4n) is 5.19. The predicted octanol–water partition coefficient (Wildman–Crippen LogP) is 3.51. The van der Waals surface area contributed by atoms with Crippen molar-refractivity contribution in [2.24, 2.45) is 17.3 Å². The molecule has 2 saturated heterocycles. The Kier molecular flexibility index (Phi) is 14.8. The molecule has 0 aromatic carbocycles. The van der Waals surface area contributed by atoms with E-state index in [1.807, 2.05) is 39.8 Å². The van der Waals surface area contributed by atoms with Crippen LogP contribution >= 0.6 is 0 Å². The van der Waals surface area contributed by atoms with Gasteiger partial charge in [0.25, 0.3) is 0 Å². The molecular formula is C35H51NO9. The Morgan fingerprint density at radius 2 is 1.69 bits per heavy atom. The second kappa shape index (κ2) is 17.5. The van der Waals surface area contributed by atoms with E-state index in [0.717, 1.165) is 6.08 Å². The van der Waals surface area contributed by atoms with Gasteiger partial charge in [-0.25, -0.2) is 4.79 Å². The number of nitrogens with one attached hydrogen (secondary N) is 1. The number of carboxylic acid groups (broad SMARTS) is 1. The number of carbonyl (C=O) groups excluding carboxylic acids is 1. The minimum atomic E-state index is -1.84. The van der Waals surface area contributed by atoms with Crippen molar-refractivity contribution in [2.45, 2.75) is 96.8 Å². The van der Waals surface area contributed by atoms with Crippen LogP contribution < -0.4 is 5.32 Å². The summed E-state index contributed by atoms with van der Waals surface area (Å²) in [6, 6.07) is 0. The van der Waals surface area contributed by atoms with Crippen LogP contribution in [0.25, 0.3) is 0 Å². The quantitative estimate of drug-likeness (QED) is 0.125. The van der Waals surface area contributed by atoms with Gasteiger partial charge in [-0.1, -0.05) is 93.7 Å². The molecule has 0 spiro atoms. The van der Waals surface area contributed by atoms with Crippen LogP contribution in [0.3, 0.4) is 0 Å². The number of ether oxygens (including phenoxy) is 2. The van der Waals surface area contributed by atoms with Gasteiger partial charge in [-0.2, -0.15) is 0 Å². The van der Waals surface area contributed by atoms with Crippen LogP contribution in [0.1, 0.15) is 54.4 Å². The summed E-state index contributed by atoms with van der Waals surface area (Å²) >= 11 is 0. The number of carbonyl (C=O) groups is 2. The largest absolute Gasteiger partial charge is 0.478 e. The average molecular weight is 630 g/mol. The number of aliphatic hydroxyl groups excluding tert-OH is 3. The number of allylic oxidation sites excluding steroid dienone is 9. The molecule has 10 heteroatoms. The summed E-state index contributed by atoms with van der Waals surface area (Å²) in [5.74, 6) is -4.55. The molecule has 0 aromatic heterocycles. The minimum absolute atomic E-state index is 0.0988. The molecule has 0 radical (unpaired) electrons. The van der Waals surface area contributed by atoms with Gasteiger partial charge in [0.15, 0.2) is 5.79 Å².